The van der Waals surface area contributed by atoms with Crippen molar-refractivity contribution in [3.05, 3.63) is 24.2 Å². The number of likely N-dealkylation sites (N-methyl/N-ethyl adjacent to an activating group) is 1. The van der Waals surface area contributed by atoms with E-state index in [-0.39, 0.29) is 23.9 Å². The molecule has 1 aliphatic heterocycles. The summed E-state index contributed by atoms with van der Waals surface area (Å²) in [4.78, 5) is 24.1. The van der Waals surface area contributed by atoms with E-state index in [1.54, 1.807) is 19.2 Å². The standard InChI is InChI=1S/C11H14N2O4/c1-13-7-8(17-11(13)15)4-5-12-10(14)9-3-2-6-16-9/h2-3,6,8H,4-5,7H2,1H3,(H,12,14). The number of cyclic esters (lactones) is 1. The lowest BCUT2D eigenvalue weighted by atomic mass is 10.2. The molecule has 1 saturated heterocycles. The summed E-state index contributed by atoms with van der Waals surface area (Å²) in [6.45, 7) is 1.01. The predicted molar refractivity (Wildman–Crippen MR) is 58.6 cm³/mol. The van der Waals surface area contributed by atoms with Gasteiger partial charge in [0.15, 0.2) is 5.76 Å². The number of rotatable bonds is 4. The molecule has 0 aromatic carbocycles. The third kappa shape index (κ3) is 2.77. The Morgan fingerprint density at radius 1 is 1.65 bits per heavy atom. The molecular weight excluding hydrogens is 224 g/mol. The fraction of sp³-hybridized carbons (Fsp3) is 0.455. The van der Waals surface area contributed by atoms with Crippen LogP contribution in [0.4, 0.5) is 4.79 Å². The molecule has 6 nitrogen and oxygen atoms in total. The Balaban J connectivity index is 1.70. The summed E-state index contributed by atoms with van der Waals surface area (Å²) in [5.74, 6) is 0.0261. The van der Waals surface area contributed by atoms with Gasteiger partial charge in [-0.15, -0.1) is 0 Å². The highest BCUT2D eigenvalue weighted by Crippen LogP contribution is 2.11. The maximum absolute atomic E-state index is 11.5. The van der Waals surface area contributed by atoms with Crippen LogP contribution in [-0.2, 0) is 4.74 Å². The molecule has 1 aromatic heterocycles. The summed E-state index contributed by atoms with van der Waals surface area (Å²) in [5.41, 5.74) is 0. The molecule has 2 amide bonds. The van der Waals surface area contributed by atoms with Crippen molar-refractivity contribution in [1.82, 2.24) is 10.2 Å². The molecular formula is C11H14N2O4. The van der Waals surface area contributed by atoms with E-state index < -0.39 is 0 Å². The first-order valence-corrected chi connectivity index (χ1v) is 5.40. The number of hydrogen-bond donors (Lipinski definition) is 1. The SMILES string of the molecule is CN1CC(CCNC(=O)c2ccco2)OC1=O. The lowest BCUT2D eigenvalue weighted by Crippen LogP contribution is -2.28. The van der Waals surface area contributed by atoms with Crippen LogP contribution in [0, 0.1) is 0 Å². The first-order chi connectivity index (χ1) is 8.16. The number of carbonyl (C=O) groups is 2. The van der Waals surface area contributed by atoms with Gasteiger partial charge in [-0.25, -0.2) is 4.79 Å². The molecule has 17 heavy (non-hydrogen) atoms. The van der Waals surface area contributed by atoms with E-state index in [1.807, 2.05) is 0 Å². The van der Waals surface area contributed by atoms with Gasteiger partial charge in [0.1, 0.15) is 6.10 Å². The highest BCUT2D eigenvalue weighted by Gasteiger charge is 2.27. The number of nitrogens with zero attached hydrogens (tertiary/aromatic N) is 1. The lowest BCUT2D eigenvalue weighted by molar-refractivity contribution is 0.0916. The molecule has 2 rings (SSSR count). The molecule has 1 unspecified atom stereocenters. The summed E-state index contributed by atoms with van der Waals surface area (Å²) >= 11 is 0. The van der Waals surface area contributed by atoms with Crippen molar-refractivity contribution < 1.29 is 18.7 Å². The minimum atomic E-state index is -0.313. The Morgan fingerprint density at radius 2 is 2.47 bits per heavy atom. The molecule has 2 heterocycles. The third-order valence-corrected chi connectivity index (χ3v) is 2.55. The van der Waals surface area contributed by atoms with Gasteiger partial charge < -0.3 is 19.4 Å². The summed E-state index contributed by atoms with van der Waals surface area (Å²) in [6, 6.07) is 3.25. The van der Waals surface area contributed by atoms with Crippen LogP contribution in [-0.4, -0.2) is 43.1 Å². The number of nitrogens with one attached hydrogen (secondary N) is 1. The van der Waals surface area contributed by atoms with Crippen LogP contribution in [0.2, 0.25) is 0 Å². The smallest absolute Gasteiger partial charge is 0.409 e. The Hall–Kier alpha value is -1.98. The Kier molecular flexibility index (Phi) is 3.32. The van der Waals surface area contributed by atoms with Crippen LogP contribution < -0.4 is 5.32 Å². The van der Waals surface area contributed by atoms with Crippen LogP contribution in [0.3, 0.4) is 0 Å². The van der Waals surface area contributed by atoms with E-state index in [2.05, 4.69) is 5.32 Å². The van der Waals surface area contributed by atoms with Crippen molar-refractivity contribution in [2.45, 2.75) is 12.5 Å². The molecule has 1 atom stereocenters. The largest absolute Gasteiger partial charge is 0.459 e. The Morgan fingerprint density at radius 3 is 3.06 bits per heavy atom. The quantitative estimate of drug-likeness (QED) is 0.844. The molecule has 0 aliphatic carbocycles. The van der Waals surface area contributed by atoms with E-state index >= 15 is 0 Å². The Bertz CT molecular complexity index is 402. The zero-order valence-corrected chi connectivity index (χ0v) is 9.51. The molecule has 0 bridgehead atoms. The van der Waals surface area contributed by atoms with Crippen LogP contribution in [0.15, 0.2) is 22.8 Å². The van der Waals surface area contributed by atoms with E-state index in [0.717, 1.165) is 0 Å². The molecule has 1 aliphatic rings. The zero-order valence-electron chi connectivity index (χ0n) is 9.51. The number of hydrogen-bond acceptors (Lipinski definition) is 4. The zero-order chi connectivity index (χ0) is 12.3. The minimum Gasteiger partial charge on any atom is -0.459 e. The first kappa shape index (κ1) is 11.5. The van der Waals surface area contributed by atoms with E-state index in [0.29, 0.717) is 19.5 Å². The van der Waals surface area contributed by atoms with Gasteiger partial charge in [-0.1, -0.05) is 0 Å². The van der Waals surface area contributed by atoms with Gasteiger partial charge in [0.2, 0.25) is 0 Å². The average Bonchev–Trinajstić information content (AvgIpc) is 2.90. The first-order valence-electron chi connectivity index (χ1n) is 5.40. The van der Waals surface area contributed by atoms with Gasteiger partial charge in [-0.3, -0.25) is 4.79 Å². The minimum absolute atomic E-state index is 0.149. The molecule has 0 spiro atoms. The van der Waals surface area contributed by atoms with Crippen molar-refractivity contribution in [2.75, 3.05) is 20.1 Å². The molecule has 1 N–H and O–H groups in total. The average molecular weight is 238 g/mol. The normalized spacial score (nSPS) is 19.2. The molecule has 1 aromatic rings. The van der Waals surface area contributed by atoms with Crippen molar-refractivity contribution >= 4 is 12.0 Å². The summed E-state index contributed by atoms with van der Waals surface area (Å²) in [7, 11) is 1.68. The summed E-state index contributed by atoms with van der Waals surface area (Å²) in [6.07, 6.45) is 1.59. The highest BCUT2D eigenvalue weighted by molar-refractivity contribution is 5.91. The second-order valence-corrected chi connectivity index (χ2v) is 3.91. The number of amides is 2. The summed E-state index contributed by atoms with van der Waals surface area (Å²) in [5, 5.41) is 2.70. The van der Waals surface area contributed by atoms with Crippen LogP contribution in [0.5, 0.6) is 0 Å². The lowest BCUT2D eigenvalue weighted by Gasteiger charge is -2.08. The van der Waals surface area contributed by atoms with Crippen LogP contribution in [0.1, 0.15) is 17.0 Å². The Labute approximate surface area is 98.5 Å². The molecule has 92 valence electrons. The van der Waals surface area contributed by atoms with Crippen molar-refractivity contribution in [2.24, 2.45) is 0 Å². The van der Waals surface area contributed by atoms with Gasteiger partial charge >= 0.3 is 6.09 Å². The maximum atomic E-state index is 11.5. The van der Waals surface area contributed by atoms with Gasteiger partial charge in [0.05, 0.1) is 12.8 Å². The van der Waals surface area contributed by atoms with E-state index in [4.69, 9.17) is 9.15 Å². The monoisotopic (exact) mass is 238 g/mol. The van der Waals surface area contributed by atoms with E-state index in [1.165, 1.54) is 11.2 Å². The second kappa shape index (κ2) is 4.90. The van der Waals surface area contributed by atoms with E-state index in [9.17, 15) is 9.59 Å². The van der Waals surface area contributed by atoms with Crippen LogP contribution >= 0.6 is 0 Å². The maximum Gasteiger partial charge on any atom is 0.409 e. The summed E-state index contributed by atoms with van der Waals surface area (Å²) < 4.78 is 10.0. The van der Waals surface area contributed by atoms with Gasteiger partial charge in [0.25, 0.3) is 5.91 Å². The van der Waals surface area contributed by atoms with Crippen molar-refractivity contribution in [3.8, 4) is 0 Å². The molecule has 1 fully saturated rings. The van der Waals surface area contributed by atoms with Crippen molar-refractivity contribution in [3.63, 3.8) is 0 Å². The van der Waals surface area contributed by atoms with Crippen LogP contribution in [0.25, 0.3) is 0 Å². The molecule has 0 radical (unpaired) electrons. The molecule has 6 heteroatoms. The van der Waals surface area contributed by atoms with Gasteiger partial charge in [-0.2, -0.15) is 0 Å². The fourth-order valence-electron chi connectivity index (χ4n) is 1.64. The van der Waals surface area contributed by atoms with Gasteiger partial charge in [0, 0.05) is 20.0 Å². The topological polar surface area (TPSA) is 71.8 Å². The fourth-order valence-corrected chi connectivity index (χ4v) is 1.64. The predicted octanol–water partition coefficient (Wildman–Crippen LogP) is 0.850. The number of furan rings is 1. The molecule has 0 saturated carbocycles. The highest BCUT2D eigenvalue weighted by atomic mass is 16.6. The van der Waals surface area contributed by atoms with Crippen molar-refractivity contribution in [1.29, 1.82) is 0 Å². The van der Waals surface area contributed by atoms with Gasteiger partial charge in [-0.05, 0) is 12.1 Å². The number of ether oxygens (including phenoxy) is 1. The second-order valence-electron chi connectivity index (χ2n) is 3.91. The third-order valence-electron chi connectivity index (χ3n) is 2.55. The number of carbonyl (C=O) groups excluding carboxylic acids is 2.